The molecule has 2 rings (SSSR count). The first-order valence-corrected chi connectivity index (χ1v) is 6.10. The number of anilines is 2. The first-order chi connectivity index (χ1) is 8.15. The number of nitrogens with two attached hydrogens (primary N) is 1. The van der Waals surface area contributed by atoms with E-state index in [0.29, 0.717) is 5.82 Å². The fraction of sp³-hybridized carbons (Fsp3) is 0.100. The van der Waals surface area contributed by atoms with Crippen molar-refractivity contribution in [3.63, 3.8) is 0 Å². The zero-order chi connectivity index (χ0) is 12.3. The number of nitrogens with one attached hydrogen (secondary N) is 1. The van der Waals surface area contributed by atoms with Crippen LogP contribution < -0.4 is 11.2 Å². The molecule has 2 aromatic heterocycles. The molecule has 0 aromatic carbocycles. The zero-order valence-electron chi connectivity index (χ0n) is 9.01. The van der Waals surface area contributed by atoms with Crippen LogP contribution in [0, 0.1) is 0 Å². The van der Waals surface area contributed by atoms with Crippen molar-refractivity contribution in [2.75, 3.05) is 11.2 Å². The second kappa shape index (κ2) is 5.11. The van der Waals surface area contributed by atoms with Gasteiger partial charge in [-0.15, -0.1) is 0 Å². The maximum atomic E-state index is 5.75. The van der Waals surface area contributed by atoms with Crippen molar-refractivity contribution in [1.82, 2.24) is 9.97 Å². The van der Waals surface area contributed by atoms with Gasteiger partial charge in [-0.1, -0.05) is 11.6 Å². The summed E-state index contributed by atoms with van der Waals surface area (Å²) >= 11 is 7.37. The molecule has 0 amide bonds. The van der Waals surface area contributed by atoms with Crippen molar-refractivity contribution >= 4 is 40.4 Å². The van der Waals surface area contributed by atoms with Crippen molar-refractivity contribution < 1.29 is 0 Å². The second-order valence-electron chi connectivity index (χ2n) is 3.26. The van der Waals surface area contributed by atoms with Crippen molar-refractivity contribution in [1.29, 1.82) is 0 Å². The number of hydrogen-bond donors (Lipinski definition) is 2. The molecule has 0 radical (unpaired) electrons. The van der Waals surface area contributed by atoms with Gasteiger partial charge in [0.15, 0.2) is 5.82 Å². The first kappa shape index (κ1) is 11.8. The summed E-state index contributed by atoms with van der Waals surface area (Å²) in [6.45, 7) is 1.90. The molecule has 88 valence electrons. The van der Waals surface area contributed by atoms with Gasteiger partial charge in [0, 0.05) is 11.6 Å². The second-order valence-corrected chi connectivity index (χ2v) is 4.42. The van der Waals surface area contributed by atoms with Crippen molar-refractivity contribution in [2.24, 2.45) is 5.10 Å². The fourth-order valence-electron chi connectivity index (χ4n) is 1.17. The van der Waals surface area contributed by atoms with Gasteiger partial charge in [0.25, 0.3) is 0 Å². The van der Waals surface area contributed by atoms with E-state index in [4.69, 9.17) is 17.3 Å². The Labute approximate surface area is 107 Å². The van der Waals surface area contributed by atoms with E-state index in [1.54, 1.807) is 17.4 Å². The molecular formula is C10H10ClN5S. The lowest BCUT2D eigenvalue weighted by molar-refractivity contribution is 1.15. The van der Waals surface area contributed by atoms with Crippen LogP contribution in [0.3, 0.4) is 0 Å². The number of hydrazone groups is 1. The molecule has 0 aliphatic carbocycles. The fourth-order valence-corrected chi connectivity index (χ4v) is 2.06. The summed E-state index contributed by atoms with van der Waals surface area (Å²) in [6.07, 6.45) is 0. The Hall–Kier alpha value is -1.66. The Balaban J connectivity index is 2.14. The molecule has 0 bridgehead atoms. The third kappa shape index (κ3) is 3.15. The third-order valence-corrected chi connectivity index (χ3v) is 2.87. The minimum absolute atomic E-state index is 0.114. The number of halogens is 1. The highest BCUT2D eigenvalue weighted by atomic mass is 35.5. The molecule has 0 saturated carbocycles. The van der Waals surface area contributed by atoms with Crippen LogP contribution >= 0.6 is 22.9 Å². The predicted molar refractivity (Wildman–Crippen MR) is 71.6 cm³/mol. The Morgan fingerprint density at radius 1 is 1.53 bits per heavy atom. The Kier molecular flexibility index (Phi) is 3.55. The molecule has 0 unspecified atom stereocenters. The van der Waals surface area contributed by atoms with Gasteiger partial charge in [0.05, 0.1) is 5.71 Å². The van der Waals surface area contributed by atoms with Crippen molar-refractivity contribution in [3.8, 4) is 0 Å². The van der Waals surface area contributed by atoms with Gasteiger partial charge in [-0.3, -0.25) is 5.43 Å². The number of nitrogens with zero attached hydrogens (tertiary/aromatic N) is 3. The van der Waals surface area contributed by atoms with Gasteiger partial charge in [0.2, 0.25) is 5.95 Å². The van der Waals surface area contributed by atoms with Crippen LogP contribution in [0.15, 0.2) is 28.0 Å². The molecule has 0 spiro atoms. The smallest absolute Gasteiger partial charge is 0.223 e. The maximum absolute atomic E-state index is 5.75. The van der Waals surface area contributed by atoms with Crippen LogP contribution in [0.2, 0.25) is 5.15 Å². The predicted octanol–water partition coefficient (Wildman–Crippen LogP) is 2.61. The molecule has 0 aliphatic rings. The van der Waals surface area contributed by atoms with Crippen LogP contribution in [0.1, 0.15) is 12.5 Å². The van der Waals surface area contributed by atoms with Crippen LogP contribution in [0.25, 0.3) is 0 Å². The topological polar surface area (TPSA) is 76.2 Å². The molecule has 0 fully saturated rings. The van der Waals surface area contributed by atoms with Gasteiger partial charge in [-0.2, -0.15) is 21.4 Å². The van der Waals surface area contributed by atoms with E-state index >= 15 is 0 Å². The summed E-state index contributed by atoms with van der Waals surface area (Å²) in [4.78, 5) is 7.71. The lowest BCUT2D eigenvalue weighted by Crippen LogP contribution is -2.02. The lowest BCUT2D eigenvalue weighted by Gasteiger charge is -2.02. The normalized spacial score (nSPS) is 11.5. The Morgan fingerprint density at radius 3 is 3.00 bits per heavy atom. The zero-order valence-corrected chi connectivity index (χ0v) is 10.6. The van der Waals surface area contributed by atoms with E-state index < -0.39 is 0 Å². The van der Waals surface area contributed by atoms with Gasteiger partial charge in [-0.05, 0) is 23.8 Å². The van der Waals surface area contributed by atoms with Gasteiger partial charge in [0.1, 0.15) is 5.15 Å². The highest BCUT2D eigenvalue weighted by molar-refractivity contribution is 7.08. The van der Waals surface area contributed by atoms with Crippen molar-refractivity contribution in [3.05, 3.63) is 33.6 Å². The number of nitrogen functional groups attached to an aromatic ring is 1. The van der Waals surface area contributed by atoms with E-state index in [-0.39, 0.29) is 11.1 Å². The van der Waals surface area contributed by atoms with E-state index in [1.807, 2.05) is 23.8 Å². The molecule has 5 nitrogen and oxygen atoms in total. The molecule has 3 N–H and O–H groups in total. The van der Waals surface area contributed by atoms with Crippen molar-refractivity contribution in [2.45, 2.75) is 6.92 Å². The average Bonchev–Trinajstić information content (AvgIpc) is 2.78. The Bertz CT molecular complexity index is 517. The van der Waals surface area contributed by atoms with Gasteiger partial charge in [-0.25, -0.2) is 4.98 Å². The standard InChI is InChI=1S/C10H10ClN5S/c1-6(7-2-3-17-5-7)15-16-9-4-8(11)13-10(12)14-9/h2-5H,1H3,(H3,12,13,14,16)/b15-6+. The minimum atomic E-state index is 0.114. The summed E-state index contributed by atoms with van der Waals surface area (Å²) in [7, 11) is 0. The number of thiophene rings is 1. The molecule has 0 aliphatic heterocycles. The van der Waals surface area contributed by atoms with Crippen LogP contribution in [-0.4, -0.2) is 15.7 Å². The number of aromatic nitrogens is 2. The molecule has 17 heavy (non-hydrogen) atoms. The van der Waals surface area contributed by atoms with Crippen LogP contribution in [0.5, 0.6) is 0 Å². The van der Waals surface area contributed by atoms with Crippen LogP contribution in [-0.2, 0) is 0 Å². The molecule has 0 atom stereocenters. The molecule has 7 heteroatoms. The molecular weight excluding hydrogens is 258 g/mol. The van der Waals surface area contributed by atoms with E-state index in [0.717, 1.165) is 11.3 Å². The summed E-state index contributed by atoms with van der Waals surface area (Å²) in [6, 6.07) is 3.55. The minimum Gasteiger partial charge on any atom is -0.368 e. The van der Waals surface area contributed by atoms with E-state index in [2.05, 4.69) is 20.5 Å². The Morgan fingerprint density at radius 2 is 2.35 bits per heavy atom. The summed E-state index contributed by atoms with van der Waals surface area (Å²) in [5.74, 6) is 0.584. The molecule has 0 saturated heterocycles. The molecule has 2 aromatic rings. The summed E-state index contributed by atoms with van der Waals surface area (Å²) < 4.78 is 0. The highest BCUT2D eigenvalue weighted by Gasteiger charge is 2.00. The first-order valence-electron chi connectivity index (χ1n) is 4.78. The lowest BCUT2D eigenvalue weighted by atomic mass is 10.2. The number of hydrogen-bond acceptors (Lipinski definition) is 6. The SMILES string of the molecule is C/C(=N\Nc1cc(Cl)nc(N)n1)c1ccsc1. The highest BCUT2D eigenvalue weighted by Crippen LogP contribution is 2.13. The number of rotatable bonds is 3. The molecule has 2 heterocycles. The van der Waals surface area contributed by atoms with Gasteiger partial charge >= 0.3 is 0 Å². The van der Waals surface area contributed by atoms with E-state index in [1.165, 1.54) is 0 Å². The monoisotopic (exact) mass is 267 g/mol. The largest absolute Gasteiger partial charge is 0.368 e. The van der Waals surface area contributed by atoms with Crippen LogP contribution in [0.4, 0.5) is 11.8 Å². The summed E-state index contributed by atoms with van der Waals surface area (Å²) in [5, 5.41) is 8.48. The third-order valence-electron chi connectivity index (χ3n) is 1.99. The van der Waals surface area contributed by atoms with Gasteiger partial charge < -0.3 is 5.73 Å². The maximum Gasteiger partial charge on any atom is 0.223 e. The average molecular weight is 268 g/mol. The quantitative estimate of drug-likeness (QED) is 0.509. The summed E-state index contributed by atoms with van der Waals surface area (Å²) in [5.41, 5.74) is 10.2. The van der Waals surface area contributed by atoms with E-state index in [9.17, 15) is 0 Å².